The largest absolute Gasteiger partial charge is 0.457 e. The van der Waals surface area contributed by atoms with Crippen molar-refractivity contribution in [1.82, 2.24) is 10.5 Å². The van der Waals surface area contributed by atoms with Gasteiger partial charge in [-0.2, -0.15) is 0 Å². The lowest BCUT2D eigenvalue weighted by molar-refractivity contribution is -0.118. The number of nitrogens with one attached hydrogen (secondary N) is 2. The van der Waals surface area contributed by atoms with Gasteiger partial charge in [-0.25, -0.2) is 4.39 Å². The lowest BCUT2D eigenvalue weighted by Crippen LogP contribution is -2.25. The zero-order valence-corrected chi connectivity index (χ0v) is 17.0. The van der Waals surface area contributed by atoms with E-state index in [9.17, 15) is 14.0 Å². The van der Waals surface area contributed by atoms with Crippen LogP contribution in [0.3, 0.4) is 0 Å². The molecule has 1 aromatic heterocycles. The minimum atomic E-state index is -0.322. The van der Waals surface area contributed by atoms with Gasteiger partial charge in [0.25, 0.3) is 0 Å². The van der Waals surface area contributed by atoms with Crippen LogP contribution in [-0.2, 0) is 16.1 Å². The molecule has 9 heteroatoms. The summed E-state index contributed by atoms with van der Waals surface area (Å²) in [6.45, 7) is 2.09. The summed E-state index contributed by atoms with van der Waals surface area (Å²) in [6, 6.07) is 14.6. The number of nitrogens with zero attached hydrogens (tertiary/aromatic N) is 1. The van der Waals surface area contributed by atoms with Crippen molar-refractivity contribution in [3.8, 4) is 11.5 Å². The van der Waals surface area contributed by atoms with E-state index in [0.717, 1.165) is 5.56 Å². The maximum atomic E-state index is 12.9. The van der Waals surface area contributed by atoms with Crippen LogP contribution in [0.25, 0.3) is 0 Å². The molecule has 156 valence electrons. The standard InChI is InChI=1S/C21H20FN3O4S/c1-14-10-19(25-29-14)24-21(27)13-30-12-20(26)23-11-15-2-6-17(7-3-15)28-18-8-4-16(22)5-9-18/h2-10H,11-13H2,1H3,(H,23,26)(H,24,25,27). The number of amides is 2. The first-order valence-corrected chi connectivity index (χ1v) is 10.2. The van der Waals surface area contributed by atoms with Gasteiger partial charge in [-0.05, 0) is 48.9 Å². The molecule has 2 aromatic carbocycles. The Morgan fingerprint density at radius 1 is 1.03 bits per heavy atom. The molecule has 3 aromatic rings. The number of aryl methyl sites for hydroxylation is 1. The van der Waals surface area contributed by atoms with Crippen molar-refractivity contribution >= 4 is 29.4 Å². The summed E-state index contributed by atoms with van der Waals surface area (Å²) in [4.78, 5) is 23.7. The van der Waals surface area contributed by atoms with E-state index in [0.29, 0.717) is 29.6 Å². The van der Waals surface area contributed by atoms with Crippen molar-refractivity contribution in [1.29, 1.82) is 0 Å². The Balaban J connectivity index is 1.35. The van der Waals surface area contributed by atoms with E-state index in [1.54, 1.807) is 37.3 Å². The summed E-state index contributed by atoms with van der Waals surface area (Å²) < 4.78 is 23.4. The summed E-state index contributed by atoms with van der Waals surface area (Å²) in [5.41, 5.74) is 0.902. The van der Waals surface area contributed by atoms with Gasteiger partial charge in [0.15, 0.2) is 5.82 Å². The van der Waals surface area contributed by atoms with E-state index in [-0.39, 0.29) is 29.1 Å². The maximum Gasteiger partial charge on any atom is 0.235 e. The summed E-state index contributed by atoms with van der Waals surface area (Å²) in [5, 5.41) is 9.07. The van der Waals surface area contributed by atoms with Gasteiger partial charge >= 0.3 is 0 Å². The summed E-state index contributed by atoms with van der Waals surface area (Å²) in [6.07, 6.45) is 0. The van der Waals surface area contributed by atoms with Crippen LogP contribution in [0.15, 0.2) is 59.1 Å². The molecule has 30 heavy (non-hydrogen) atoms. The second-order valence-corrected chi connectivity index (χ2v) is 7.33. The smallest absolute Gasteiger partial charge is 0.235 e. The highest BCUT2D eigenvalue weighted by molar-refractivity contribution is 8.00. The third-order valence-electron chi connectivity index (χ3n) is 3.82. The number of hydrogen-bond acceptors (Lipinski definition) is 6. The SMILES string of the molecule is Cc1cc(NC(=O)CSCC(=O)NCc2ccc(Oc3ccc(F)cc3)cc2)no1. The van der Waals surface area contributed by atoms with Crippen LogP contribution in [0, 0.1) is 12.7 Å². The minimum absolute atomic E-state index is 0.134. The van der Waals surface area contributed by atoms with E-state index >= 15 is 0 Å². The van der Waals surface area contributed by atoms with Crippen LogP contribution in [-0.4, -0.2) is 28.5 Å². The zero-order valence-electron chi connectivity index (χ0n) is 16.2. The van der Waals surface area contributed by atoms with Gasteiger partial charge in [0, 0.05) is 12.6 Å². The highest BCUT2D eigenvalue weighted by Crippen LogP contribution is 2.21. The molecule has 3 rings (SSSR count). The van der Waals surface area contributed by atoms with Crippen molar-refractivity contribution in [2.75, 3.05) is 16.8 Å². The van der Waals surface area contributed by atoms with Crippen LogP contribution >= 0.6 is 11.8 Å². The number of benzene rings is 2. The Labute approximate surface area is 177 Å². The first kappa shape index (κ1) is 21.4. The molecule has 0 fully saturated rings. The molecule has 0 aliphatic carbocycles. The number of thioether (sulfide) groups is 1. The second-order valence-electron chi connectivity index (χ2n) is 6.34. The predicted molar refractivity (Wildman–Crippen MR) is 112 cm³/mol. The highest BCUT2D eigenvalue weighted by atomic mass is 32.2. The van der Waals surface area contributed by atoms with Gasteiger partial charge in [-0.1, -0.05) is 17.3 Å². The Kier molecular flexibility index (Phi) is 7.45. The Morgan fingerprint density at radius 2 is 1.67 bits per heavy atom. The highest BCUT2D eigenvalue weighted by Gasteiger charge is 2.08. The fourth-order valence-electron chi connectivity index (χ4n) is 2.41. The normalized spacial score (nSPS) is 10.5. The number of halogens is 1. The topological polar surface area (TPSA) is 93.5 Å². The number of anilines is 1. The quantitative estimate of drug-likeness (QED) is 0.536. The fourth-order valence-corrected chi connectivity index (χ4v) is 3.05. The fraction of sp³-hybridized carbons (Fsp3) is 0.190. The Hall–Kier alpha value is -3.33. The van der Waals surface area contributed by atoms with Crippen molar-refractivity contribution < 1.29 is 23.2 Å². The van der Waals surface area contributed by atoms with E-state index in [1.165, 1.54) is 23.9 Å². The lowest BCUT2D eigenvalue weighted by Gasteiger charge is -2.08. The number of aromatic nitrogens is 1. The molecule has 0 unspecified atom stereocenters. The lowest BCUT2D eigenvalue weighted by atomic mass is 10.2. The van der Waals surface area contributed by atoms with Gasteiger partial charge in [0.05, 0.1) is 11.5 Å². The molecule has 0 spiro atoms. The van der Waals surface area contributed by atoms with Crippen LogP contribution < -0.4 is 15.4 Å². The van der Waals surface area contributed by atoms with Crippen LogP contribution in [0.1, 0.15) is 11.3 Å². The average Bonchev–Trinajstić information content (AvgIpc) is 3.13. The molecule has 2 N–H and O–H groups in total. The van der Waals surface area contributed by atoms with Crippen LogP contribution in [0.5, 0.6) is 11.5 Å². The number of ether oxygens (including phenoxy) is 1. The molecule has 0 saturated heterocycles. The van der Waals surface area contributed by atoms with Crippen molar-refractivity contribution in [3.63, 3.8) is 0 Å². The maximum absolute atomic E-state index is 12.9. The Bertz CT molecular complexity index is 990. The molecule has 0 bridgehead atoms. The van der Waals surface area contributed by atoms with Crippen molar-refractivity contribution in [2.45, 2.75) is 13.5 Å². The number of carbonyl (C=O) groups excluding carboxylic acids is 2. The first-order chi connectivity index (χ1) is 14.5. The summed E-state index contributed by atoms with van der Waals surface area (Å²) in [7, 11) is 0. The summed E-state index contributed by atoms with van der Waals surface area (Å²) in [5.74, 6) is 1.66. The van der Waals surface area contributed by atoms with Gasteiger partial charge < -0.3 is 19.9 Å². The van der Waals surface area contributed by atoms with Gasteiger partial charge in [-0.3, -0.25) is 9.59 Å². The van der Waals surface area contributed by atoms with Crippen LogP contribution in [0.2, 0.25) is 0 Å². The molecule has 7 nitrogen and oxygen atoms in total. The van der Waals surface area contributed by atoms with Gasteiger partial charge in [0.1, 0.15) is 23.1 Å². The number of rotatable bonds is 9. The third-order valence-corrected chi connectivity index (χ3v) is 4.76. The monoisotopic (exact) mass is 429 g/mol. The molecule has 0 saturated carbocycles. The van der Waals surface area contributed by atoms with E-state index in [4.69, 9.17) is 9.26 Å². The minimum Gasteiger partial charge on any atom is -0.457 e. The van der Waals surface area contributed by atoms with E-state index in [1.807, 2.05) is 12.1 Å². The second kappa shape index (κ2) is 10.4. The van der Waals surface area contributed by atoms with Gasteiger partial charge in [0.2, 0.25) is 11.8 Å². The number of hydrogen-bond donors (Lipinski definition) is 2. The number of carbonyl (C=O) groups is 2. The van der Waals surface area contributed by atoms with Gasteiger partial charge in [-0.15, -0.1) is 11.8 Å². The molecule has 0 atom stereocenters. The molecule has 2 amide bonds. The molecular weight excluding hydrogens is 409 g/mol. The van der Waals surface area contributed by atoms with Crippen LogP contribution in [0.4, 0.5) is 10.2 Å². The third kappa shape index (κ3) is 6.93. The molecule has 0 aliphatic rings. The van der Waals surface area contributed by atoms with Crippen molar-refractivity contribution in [3.05, 3.63) is 71.7 Å². The van der Waals surface area contributed by atoms with E-state index < -0.39 is 0 Å². The molecule has 0 radical (unpaired) electrons. The molecule has 1 heterocycles. The Morgan fingerprint density at radius 3 is 2.30 bits per heavy atom. The first-order valence-electron chi connectivity index (χ1n) is 9.08. The predicted octanol–water partition coefficient (Wildman–Crippen LogP) is 3.90. The zero-order chi connectivity index (χ0) is 21.3. The van der Waals surface area contributed by atoms with Crippen molar-refractivity contribution in [2.24, 2.45) is 0 Å². The molecular formula is C21H20FN3O4S. The average molecular weight is 429 g/mol. The summed E-state index contributed by atoms with van der Waals surface area (Å²) >= 11 is 1.21. The van der Waals surface area contributed by atoms with E-state index in [2.05, 4.69) is 15.8 Å². The molecule has 0 aliphatic heterocycles.